The summed E-state index contributed by atoms with van der Waals surface area (Å²) in [6.45, 7) is 8.18. The van der Waals surface area contributed by atoms with Crippen molar-refractivity contribution in [1.29, 1.82) is 0 Å². The lowest BCUT2D eigenvalue weighted by atomic mass is 10.3. The van der Waals surface area contributed by atoms with Gasteiger partial charge in [0.2, 0.25) is 5.56 Å². The summed E-state index contributed by atoms with van der Waals surface area (Å²) >= 11 is 0. The second kappa shape index (κ2) is 11.2. The Kier molecular flexibility index (Phi) is 8.06. The van der Waals surface area contributed by atoms with Gasteiger partial charge in [0.25, 0.3) is 0 Å². The highest BCUT2D eigenvalue weighted by molar-refractivity contribution is 5.79. The van der Waals surface area contributed by atoms with E-state index < -0.39 is 0 Å². The minimum Gasteiger partial charge on any atom is -0.357 e. The van der Waals surface area contributed by atoms with Gasteiger partial charge in [-0.25, -0.2) is 4.98 Å². The van der Waals surface area contributed by atoms with Gasteiger partial charge < -0.3 is 19.8 Å². The summed E-state index contributed by atoms with van der Waals surface area (Å²) in [5.74, 6) is 1.89. The topological polar surface area (TPSA) is 76.2 Å². The molecule has 0 aliphatic carbocycles. The Bertz CT molecular complexity index is 1020. The first-order valence-electron chi connectivity index (χ1n) is 10.8. The maximum absolute atomic E-state index is 11.7. The van der Waals surface area contributed by atoms with E-state index in [1.165, 1.54) is 5.52 Å². The van der Waals surface area contributed by atoms with Crippen molar-refractivity contribution in [1.82, 2.24) is 24.8 Å². The predicted octanol–water partition coefficient (Wildman–Crippen LogP) is 2.93. The first-order chi connectivity index (χ1) is 14.7. The molecule has 0 spiro atoms. The van der Waals surface area contributed by atoms with Crippen LogP contribution in [-0.4, -0.2) is 39.7 Å². The van der Waals surface area contributed by atoms with Crippen molar-refractivity contribution < 1.29 is 0 Å². The van der Waals surface area contributed by atoms with E-state index in [1.54, 1.807) is 16.7 Å². The van der Waals surface area contributed by atoms with Gasteiger partial charge in [-0.05, 0) is 51.3 Å². The Hall–Kier alpha value is -3.09. The molecule has 2 aromatic heterocycles. The Morgan fingerprint density at radius 2 is 1.87 bits per heavy atom. The molecule has 7 nitrogen and oxygen atoms in total. The number of benzene rings is 1. The molecule has 0 unspecified atom stereocenters. The van der Waals surface area contributed by atoms with Crippen LogP contribution in [0.25, 0.3) is 11.0 Å². The predicted molar refractivity (Wildman–Crippen MR) is 123 cm³/mol. The molecule has 0 aliphatic heterocycles. The summed E-state index contributed by atoms with van der Waals surface area (Å²) in [4.78, 5) is 21.0. The molecule has 3 aromatic rings. The number of hydrogen-bond acceptors (Lipinski definition) is 3. The molecule has 0 bridgehead atoms. The number of pyridine rings is 1. The number of fused-ring (bicyclic) bond motifs is 1. The maximum Gasteiger partial charge on any atom is 0.250 e. The fourth-order valence-electron chi connectivity index (χ4n) is 3.50. The van der Waals surface area contributed by atoms with Crippen molar-refractivity contribution in [3.05, 3.63) is 64.8 Å². The van der Waals surface area contributed by atoms with Gasteiger partial charge in [-0.15, -0.1) is 0 Å². The number of aromatic nitrogens is 3. The lowest BCUT2D eigenvalue weighted by Gasteiger charge is -2.12. The van der Waals surface area contributed by atoms with Gasteiger partial charge in [0.15, 0.2) is 5.96 Å². The number of imidazole rings is 1. The molecule has 160 valence electrons. The van der Waals surface area contributed by atoms with Crippen LogP contribution in [0.3, 0.4) is 0 Å². The molecule has 3 rings (SSSR count). The van der Waals surface area contributed by atoms with E-state index in [0.717, 1.165) is 69.3 Å². The number of guanidine groups is 1. The Labute approximate surface area is 177 Å². The van der Waals surface area contributed by atoms with E-state index in [9.17, 15) is 4.79 Å². The lowest BCUT2D eigenvalue weighted by molar-refractivity contribution is 0.585. The van der Waals surface area contributed by atoms with E-state index in [-0.39, 0.29) is 5.56 Å². The van der Waals surface area contributed by atoms with Gasteiger partial charge in [0.1, 0.15) is 5.82 Å². The zero-order valence-corrected chi connectivity index (χ0v) is 18.0. The highest BCUT2D eigenvalue weighted by Gasteiger charge is 2.06. The summed E-state index contributed by atoms with van der Waals surface area (Å²) in [7, 11) is 0. The van der Waals surface area contributed by atoms with Crippen LogP contribution in [-0.2, 0) is 13.1 Å². The number of aryl methyl sites for hydroxylation is 3. The molecule has 7 heteroatoms. The van der Waals surface area contributed by atoms with Gasteiger partial charge in [-0.2, -0.15) is 0 Å². The third-order valence-corrected chi connectivity index (χ3v) is 5.02. The molecule has 0 atom stereocenters. The number of rotatable bonds is 10. The fourth-order valence-corrected chi connectivity index (χ4v) is 3.50. The number of hydrogen-bond donors (Lipinski definition) is 2. The molecule has 0 aliphatic rings. The summed E-state index contributed by atoms with van der Waals surface area (Å²) in [6.07, 6.45) is 4.72. The molecule has 0 saturated carbocycles. The van der Waals surface area contributed by atoms with Crippen LogP contribution in [0.1, 0.15) is 32.0 Å². The summed E-state index contributed by atoms with van der Waals surface area (Å²) < 4.78 is 4.01. The van der Waals surface area contributed by atoms with Crippen molar-refractivity contribution in [3.63, 3.8) is 0 Å². The van der Waals surface area contributed by atoms with E-state index in [2.05, 4.69) is 52.2 Å². The van der Waals surface area contributed by atoms with E-state index in [0.29, 0.717) is 0 Å². The summed E-state index contributed by atoms with van der Waals surface area (Å²) in [6, 6.07) is 13.5. The van der Waals surface area contributed by atoms with E-state index in [4.69, 9.17) is 4.99 Å². The molecule has 0 saturated heterocycles. The quantitative estimate of drug-likeness (QED) is 0.307. The number of para-hydroxylation sites is 2. The van der Waals surface area contributed by atoms with Crippen molar-refractivity contribution in [3.8, 4) is 0 Å². The smallest absolute Gasteiger partial charge is 0.250 e. The molecule has 2 N–H and O–H groups in total. The molecular weight excluding hydrogens is 376 g/mol. The van der Waals surface area contributed by atoms with Crippen molar-refractivity contribution in [2.24, 2.45) is 4.99 Å². The van der Waals surface area contributed by atoms with Gasteiger partial charge in [-0.1, -0.05) is 18.2 Å². The summed E-state index contributed by atoms with van der Waals surface area (Å²) in [5, 5.41) is 6.69. The Balaban J connectivity index is 1.42. The summed E-state index contributed by atoms with van der Waals surface area (Å²) in [5.41, 5.74) is 2.29. The monoisotopic (exact) mass is 408 g/mol. The zero-order valence-electron chi connectivity index (χ0n) is 18.0. The highest BCUT2D eigenvalue weighted by Crippen LogP contribution is 2.15. The fraction of sp³-hybridized carbons (Fsp3) is 0.435. The van der Waals surface area contributed by atoms with Gasteiger partial charge in [0, 0.05) is 45.0 Å². The van der Waals surface area contributed by atoms with Crippen LogP contribution in [0.4, 0.5) is 0 Å². The largest absolute Gasteiger partial charge is 0.357 e. The molecule has 1 aromatic carbocycles. The van der Waals surface area contributed by atoms with Crippen LogP contribution >= 0.6 is 0 Å². The normalized spacial score (nSPS) is 11.7. The average Bonchev–Trinajstić information content (AvgIpc) is 3.07. The van der Waals surface area contributed by atoms with E-state index >= 15 is 0 Å². The Morgan fingerprint density at radius 3 is 2.70 bits per heavy atom. The van der Waals surface area contributed by atoms with Gasteiger partial charge in [-0.3, -0.25) is 9.79 Å². The number of unbranched alkanes of at least 4 members (excludes halogenated alkanes) is 1. The van der Waals surface area contributed by atoms with Crippen LogP contribution < -0.4 is 16.2 Å². The molecule has 2 heterocycles. The standard InChI is InChI=1S/C23H32N6O/c1-3-24-23(25-14-7-9-17-28-16-8-6-13-22(28)30)26-15-10-18-29-19(2)27-20-11-4-5-12-21(20)29/h4-6,8,11-13,16H,3,7,9-10,14-15,17-18H2,1-2H3,(H2,24,25,26). The third kappa shape index (κ3) is 5.95. The van der Waals surface area contributed by atoms with Gasteiger partial charge >= 0.3 is 0 Å². The number of nitrogens with one attached hydrogen (secondary N) is 2. The average molecular weight is 409 g/mol. The Morgan fingerprint density at radius 1 is 1.03 bits per heavy atom. The minimum absolute atomic E-state index is 0.0567. The third-order valence-electron chi connectivity index (χ3n) is 5.02. The minimum atomic E-state index is 0.0567. The molecule has 30 heavy (non-hydrogen) atoms. The van der Waals surface area contributed by atoms with Crippen molar-refractivity contribution in [2.75, 3.05) is 19.6 Å². The lowest BCUT2D eigenvalue weighted by Crippen LogP contribution is -2.38. The van der Waals surface area contributed by atoms with Crippen molar-refractivity contribution in [2.45, 2.75) is 46.2 Å². The molecular formula is C23H32N6O. The SMILES string of the molecule is CCNC(=NCCCn1c(C)nc2ccccc21)NCCCCn1ccccc1=O. The second-order valence-corrected chi connectivity index (χ2v) is 7.28. The second-order valence-electron chi connectivity index (χ2n) is 7.28. The maximum atomic E-state index is 11.7. The molecule has 0 radical (unpaired) electrons. The molecule has 0 amide bonds. The van der Waals surface area contributed by atoms with Crippen molar-refractivity contribution >= 4 is 17.0 Å². The highest BCUT2D eigenvalue weighted by atomic mass is 16.1. The van der Waals surface area contributed by atoms with Crippen LogP contribution in [0.5, 0.6) is 0 Å². The van der Waals surface area contributed by atoms with Crippen LogP contribution in [0, 0.1) is 6.92 Å². The zero-order chi connectivity index (χ0) is 21.2. The number of aliphatic imine (C=N–C) groups is 1. The van der Waals surface area contributed by atoms with Gasteiger partial charge in [0.05, 0.1) is 11.0 Å². The number of nitrogens with zero attached hydrogens (tertiary/aromatic N) is 4. The van der Waals surface area contributed by atoms with E-state index in [1.807, 2.05) is 18.3 Å². The first kappa shape index (κ1) is 21.6. The first-order valence-corrected chi connectivity index (χ1v) is 10.8. The molecule has 0 fully saturated rings. The van der Waals surface area contributed by atoms with Crippen LogP contribution in [0.2, 0.25) is 0 Å². The van der Waals surface area contributed by atoms with Crippen LogP contribution in [0.15, 0.2) is 58.4 Å².